The van der Waals surface area contributed by atoms with E-state index < -0.39 is 8.60 Å². The van der Waals surface area contributed by atoms with Crippen LogP contribution in [0.4, 0.5) is 0 Å². The lowest BCUT2D eigenvalue weighted by Gasteiger charge is -2.31. The summed E-state index contributed by atoms with van der Waals surface area (Å²) < 4.78 is 20.2. The molecule has 0 saturated heterocycles. The maximum atomic E-state index is 6.86. The molecule has 0 fully saturated rings. The van der Waals surface area contributed by atoms with Gasteiger partial charge in [-0.1, -0.05) is 140 Å². The van der Waals surface area contributed by atoms with Crippen molar-refractivity contribution in [1.29, 1.82) is 0 Å². The van der Waals surface area contributed by atoms with E-state index in [4.69, 9.17) is 13.6 Å². The van der Waals surface area contributed by atoms with Crippen LogP contribution in [0.25, 0.3) is 0 Å². The highest BCUT2D eigenvalue weighted by Crippen LogP contribution is 2.49. The average molecular weight is 605 g/mol. The molecule has 3 rings (SSSR count). The van der Waals surface area contributed by atoms with Crippen LogP contribution >= 0.6 is 8.60 Å². The van der Waals surface area contributed by atoms with Gasteiger partial charge in [0.15, 0.2) is 0 Å². The first-order valence-electron chi connectivity index (χ1n) is 15.6. The van der Waals surface area contributed by atoms with Crippen LogP contribution in [0.2, 0.25) is 0 Å². The van der Waals surface area contributed by atoms with Crippen LogP contribution in [0.1, 0.15) is 137 Å². The minimum atomic E-state index is -1.85. The molecular formula is C39H57O3P. The molecule has 3 aromatic rings. The molecule has 0 aliphatic carbocycles. The average Bonchev–Trinajstić information content (AvgIpc) is 2.82. The van der Waals surface area contributed by atoms with Gasteiger partial charge in [0.1, 0.15) is 17.2 Å². The van der Waals surface area contributed by atoms with Gasteiger partial charge in [-0.05, 0) is 74.5 Å². The van der Waals surface area contributed by atoms with Crippen molar-refractivity contribution < 1.29 is 13.6 Å². The van der Waals surface area contributed by atoms with Crippen molar-refractivity contribution >= 4 is 8.60 Å². The molecule has 1 atom stereocenters. The Morgan fingerprint density at radius 3 is 1.37 bits per heavy atom. The van der Waals surface area contributed by atoms with Gasteiger partial charge in [0, 0.05) is 11.1 Å². The maximum Gasteiger partial charge on any atom is 0.530 e. The Balaban J connectivity index is 2.15. The standard InChI is InChI=1S/C39H57O3P/c1-26-23-29(37(8,9)10)25-32(39(14,15)16)34(26)42-43(40-30-20-17-27(18-21-30)35(2,3)4)41-33-22-19-28(36(5,6)7)24-31(33)38(11,12)13/h17-25H,1-16H3. The summed E-state index contributed by atoms with van der Waals surface area (Å²) in [6, 6.07) is 19.4. The smallest absolute Gasteiger partial charge is 0.409 e. The van der Waals surface area contributed by atoms with Gasteiger partial charge in [-0.3, -0.25) is 0 Å². The molecule has 0 saturated carbocycles. The van der Waals surface area contributed by atoms with Crippen LogP contribution < -0.4 is 13.6 Å². The lowest BCUT2D eigenvalue weighted by molar-refractivity contribution is 0.375. The highest BCUT2D eigenvalue weighted by atomic mass is 31.2. The molecule has 43 heavy (non-hydrogen) atoms. The molecule has 0 spiro atoms. The Hall–Kier alpha value is -2.51. The van der Waals surface area contributed by atoms with Crippen LogP contribution in [0, 0.1) is 6.92 Å². The molecule has 236 valence electrons. The van der Waals surface area contributed by atoms with Crippen molar-refractivity contribution in [2.45, 2.75) is 138 Å². The van der Waals surface area contributed by atoms with Crippen molar-refractivity contribution in [3.63, 3.8) is 0 Å². The zero-order chi connectivity index (χ0) is 32.8. The first-order chi connectivity index (χ1) is 19.4. The molecular weight excluding hydrogens is 547 g/mol. The fraction of sp³-hybridized carbons (Fsp3) is 0.538. The normalized spacial score (nSPS) is 14.0. The summed E-state index contributed by atoms with van der Waals surface area (Å²) in [6.07, 6.45) is 0. The van der Waals surface area contributed by atoms with Crippen molar-refractivity contribution in [1.82, 2.24) is 0 Å². The van der Waals surface area contributed by atoms with E-state index in [9.17, 15) is 0 Å². The van der Waals surface area contributed by atoms with Gasteiger partial charge in [0.2, 0.25) is 0 Å². The fourth-order valence-electron chi connectivity index (χ4n) is 4.86. The second-order valence-corrected chi connectivity index (χ2v) is 18.1. The van der Waals surface area contributed by atoms with E-state index in [2.05, 4.69) is 153 Å². The van der Waals surface area contributed by atoms with Crippen molar-refractivity contribution in [3.8, 4) is 17.2 Å². The molecule has 0 heterocycles. The van der Waals surface area contributed by atoms with E-state index in [0.717, 1.165) is 33.9 Å². The van der Waals surface area contributed by atoms with Crippen LogP contribution in [0.3, 0.4) is 0 Å². The lowest BCUT2D eigenvalue weighted by atomic mass is 9.79. The summed E-state index contributed by atoms with van der Waals surface area (Å²) >= 11 is 0. The highest BCUT2D eigenvalue weighted by Gasteiger charge is 2.31. The minimum absolute atomic E-state index is 0.0201. The Bertz CT molecular complexity index is 1400. The molecule has 4 heteroatoms. The predicted octanol–water partition coefficient (Wildman–Crippen LogP) is 12.2. The summed E-state index contributed by atoms with van der Waals surface area (Å²) in [6.45, 7) is 35.7. The van der Waals surface area contributed by atoms with Gasteiger partial charge in [-0.15, -0.1) is 0 Å². The number of aryl methyl sites for hydroxylation is 1. The summed E-state index contributed by atoms with van der Waals surface area (Å²) in [5, 5.41) is 0. The first kappa shape index (κ1) is 35.0. The molecule has 0 N–H and O–H groups in total. The first-order valence-corrected chi connectivity index (χ1v) is 16.7. The second-order valence-electron chi connectivity index (χ2n) is 17.2. The molecule has 0 aliphatic heterocycles. The monoisotopic (exact) mass is 604 g/mol. The largest absolute Gasteiger partial charge is 0.530 e. The molecule has 0 amide bonds. The Labute approximate surface area is 264 Å². The summed E-state index contributed by atoms with van der Waals surface area (Å²) in [5.41, 5.74) is 7.02. The SMILES string of the molecule is Cc1cc(C(C)(C)C)cc(C(C)(C)C)c1OP(Oc1ccc(C(C)(C)C)cc1)Oc1ccc(C(C)(C)C)cc1C(C)(C)C. The van der Waals surface area contributed by atoms with E-state index >= 15 is 0 Å². The van der Waals surface area contributed by atoms with E-state index in [1.165, 1.54) is 16.7 Å². The van der Waals surface area contributed by atoms with E-state index in [1.807, 2.05) is 12.1 Å². The molecule has 3 aromatic carbocycles. The summed E-state index contributed by atoms with van der Waals surface area (Å²) in [5.74, 6) is 2.35. The third-order valence-corrected chi connectivity index (χ3v) is 8.88. The molecule has 0 aromatic heterocycles. The second kappa shape index (κ2) is 12.1. The molecule has 3 nitrogen and oxygen atoms in total. The predicted molar refractivity (Wildman–Crippen MR) is 186 cm³/mol. The van der Waals surface area contributed by atoms with E-state index in [0.29, 0.717) is 0 Å². The third kappa shape index (κ3) is 9.01. The molecule has 0 aliphatic rings. The van der Waals surface area contributed by atoms with Gasteiger partial charge >= 0.3 is 8.60 Å². The quantitative estimate of drug-likeness (QED) is 0.262. The molecule has 1 unspecified atom stereocenters. The Morgan fingerprint density at radius 1 is 0.442 bits per heavy atom. The minimum Gasteiger partial charge on any atom is -0.409 e. The van der Waals surface area contributed by atoms with Crippen molar-refractivity contribution in [2.75, 3.05) is 0 Å². The van der Waals surface area contributed by atoms with Crippen LogP contribution in [0.15, 0.2) is 54.6 Å². The van der Waals surface area contributed by atoms with Gasteiger partial charge in [0.25, 0.3) is 0 Å². The van der Waals surface area contributed by atoms with E-state index in [-0.39, 0.29) is 27.1 Å². The van der Waals surface area contributed by atoms with Crippen molar-refractivity contribution in [3.05, 3.63) is 88.0 Å². The number of rotatable bonds is 6. The van der Waals surface area contributed by atoms with E-state index in [1.54, 1.807) is 0 Å². The fourth-order valence-corrected chi connectivity index (χ4v) is 5.98. The Morgan fingerprint density at radius 2 is 0.907 bits per heavy atom. The van der Waals surface area contributed by atoms with Gasteiger partial charge in [-0.2, -0.15) is 0 Å². The zero-order valence-corrected chi connectivity index (χ0v) is 30.8. The van der Waals surface area contributed by atoms with Gasteiger partial charge < -0.3 is 13.6 Å². The molecule has 0 bridgehead atoms. The maximum absolute atomic E-state index is 6.86. The van der Waals surface area contributed by atoms with Crippen LogP contribution in [0.5, 0.6) is 17.2 Å². The van der Waals surface area contributed by atoms with Gasteiger partial charge in [0.05, 0.1) is 0 Å². The van der Waals surface area contributed by atoms with Crippen molar-refractivity contribution in [2.24, 2.45) is 0 Å². The van der Waals surface area contributed by atoms with Gasteiger partial charge in [-0.25, -0.2) is 0 Å². The number of hydrogen-bond donors (Lipinski definition) is 0. The lowest BCUT2D eigenvalue weighted by Crippen LogP contribution is -2.19. The Kier molecular flexibility index (Phi) is 9.85. The zero-order valence-electron chi connectivity index (χ0n) is 29.9. The summed E-state index contributed by atoms with van der Waals surface area (Å²) in [7, 11) is -1.85. The number of benzene rings is 3. The molecule has 0 radical (unpaired) electrons. The summed E-state index contributed by atoms with van der Waals surface area (Å²) in [4.78, 5) is 0. The van der Waals surface area contributed by atoms with Crippen LogP contribution in [-0.2, 0) is 27.1 Å². The topological polar surface area (TPSA) is 27.7 Å². The van der Waals surface area contributed by atoms with Crippen LogP contribution in [-0.4, -0.2) is 0 Å². The third-order valence-electron chi connectivity index (χ3n) is 7.84. The highest BCUT2D eigenvalue weighted by molar-refractivity contribution is 7.43. The number of hydrogen-bond acceptors (Lipinski definition) is 3.